The Kier molecular flexibility index (Phi) is 5.18. The molecule has 0 aliphatic carbocycles. The number of nitrogens with zero attached hydrogens (tertiary/aromatic N) is 5. The molecule has 0 atom stereocenters. The summed E-state index contributed by atoms with van der Waals surface area (Å²) in [5.41, 5.74) is 9.28. The molecule has 258 valence electrons. The van der Waals surface area contributed by atoms with Crippen LogP contribution in [-0.4, -0.2) is 23.5 Å². The maximum Gasteiger partial charge on any atom is 0.240 e. The van der Waals surface area contributed by atoms with Gasteiger partial charge in [0.25, 0.3) is 0 Å². The van der Waals surface area contributed by atoms with Crippen LogP contribution in [0.2, 0.25) is 0 Å². The number of para-hydroxylation sites is 5. The predicted molar refractivity (Wildman–Crippen MR) is 230 cm³/mol. The van der Waals surface area contributed by atoms with Gasteiger partial charge < -0.3 is 8.82 Å². The molecule has 14 rings (SSSR count). The van der Waals surface area contributed by atoms with E-state index in [1.165, 1.54) is 59.6 Å². The third-order valence-corrected chi connectivity index (χ3v) is 12.2. The highest BCUT2D eigenvalue weighted by molar-refractivity contribution is 6.36. The van der Waals surface area contributed by atoms with Gasteiger partial charge in [0.05, 0.1) is 44.0 Å². The lowest BCUT2D eigenvalue weighted by Crippen LogP contribution is -2.06. The Balaban J connectivity index is 1.24. The zero-order valence-electron chi connectivity index (χ0n) is 29.7. The van der Waals surface area contributed by atoms with Gasteiger partial charge in [-0.15, -0.1) is 0 Å². The summed E-state index contributed by atoms with van der Waals surface area (Å²) in [6.45, 7) is 0. The molecule has 8 aromatic carbocycles. The van der Waals surface area contributed by atoms with Gasteiger partial charge in [-0.1, -0.05) is 127 Å². The summed E-state index contributed by atoms with van der Waals surface area (Å²) in [6, 6.07) is 58.6. The Morgan fingerprint density at radius 2 is 0.946 bits per heavy atom. The Bertz CT molecular complexity index is 3960. The summed E-state index contributed by atoms with van der Waals surface area (Å²) in [5, 5.41) is 13.9. The number of hydrogen-bond donors (Lipinski definition) is 0. The van der Waals surface area contributed by atoms with Gasteiger partial charge in [0.1, 0.15) is 5.58 Å². The van der Waals surface area contributed by atoms with Crippen LogP contribution in [0.15, 0.2) is 168 Å². The van der Waals surface area contributed by atoms with Crippen molar-refractivity contribution >= 4 is 115 Å². The van der Waals surface area contributed by atoms with Crippen molar-refractivity contribution in [3.05, 3.63) is 164 Å². The molecule has 0 fully saturated rings. The Morgan fingerprint density at radius 3 is 1.70 bits per heavy atom. The predicted octanol–water partition coefficient (Wildman–Crippen LogP) is 12.9. The van der Waals surface area contributed by atoms with Crippen molar-refractivity contribution in [3.8, 4) is 11.8 Å². The lowest BCUT2D eigenvalue weighted by atomic mass is 10.0. The van der Waals surface area contributed by atoms with E-state index < -0.39 is 0 Å². The second-order valence-electron chi connectivity index (χ2n) is 14.9. The first kappa shape index (κ1) is 28.8. The number of fused-ring (bicyclic) bond motifs is 18. The quantitative estimate of drug-likeness (QED) is 0.179. The van der Waals surface area contributed by atoms with Crippen LogP contribution < -0.4 is 0 Å². The fourth-order valence-electron chi connectivity index (χ4n) is 9.97. The van der Waals surface area contributed by atoms with E-state index in [9.17, 15) is 0 Å². The molecule has 6 heteroatoms. The van der Waals surface area contributed by atoms with E-state index in [-0.39, 0.29) is 0 Å². The first-order valence-electron chi connectivity index (χ1n) is 19.0. The number of hydrogen-bond acceptors (Lipinski definition) is 3. The van der Waals surface area contributed by atoms with Gasteiger partial charge in [-0.3, -0.25) is 9.13 Å². The second kappa shape index (κ2) is 10.1. The van der Waals surface area contributed by atoms with Gasteiger partial charge in [0, 0.05) is 53.9 Å². The van der Waals surface area contributed by atoms with Crippen LogP contribution in [0, 0.1) is 0 Å². The molecule has 6 nitrogen and oxygen atoms in total. The lowest BCUT2D eigenvalue weighted by molar-refractivity contribution is 0.650. The van der Waals surface area contributed by atoms with Crippen LogP contribution in [0.5, 0.6) is 0 Å². The van der Waals surface area contributed by atoms with Crippen molar-refractivity contribution in [2.45, 2.75) is 0 Å². The van der Waals surface area contributed by atoms with Crippen LogP contribution in [0.1, 0.15) is 0 Å². The van der Waals surface area contributed by atoms with E-state index in [0.717, 1.165) is 55.0 Å². The summed E-state index contributed by atoms with van der Waals surface area (Å²) < 4.78 is 13.8. The van der Waals surface area contributed by atoms with Gasteiger partial charge in [-0.25, -0.2) is 0 Å². The summed E-state index contributed by atoms with van der Waals surface area (Å²) in [4.78, 5) is 10.9. The van der Waals surface area contributed by atoms with E-state index in [0.29, 0.717) is 11.7 Å². The van der Waals surface area contributed by atoms with Gasteiger partial charge >= 0.3 is 0 Å². The summed E-state index contributed by atoms with van der Waals surface area (Å²) in [7, 11) is 0. The van der Waals surface area contributed by atoms with E-state index in [2.05, 4.69) is 165 Å². The van der Waals surface area contributed by atoms with Gasteiger partial charge in [0.2, 0.25) is 11.7 Å². The third kappa shape index (κ3) is 3.39. The standard InChI is InChI=1S/C50H27N5O/c1-2-14-29-28(13-1)25-26-33-37-27-36-32-17-5-10-22-40(32)55(47(36)43-34-18-6-11-23-41(34)54(45(29)33)46(37)43)48-44-35-19-7-12-24-42(35)56-49(44)52-50(51-48)53-38-20-8-3-15-30(38)31-16-4-9-21-39(31)53/h1-27H. The van der Waals surface area contributed by atoms with Crippen LogP contribution in [0.4, 0.5) is 0 Å². The largest absolute Gasteiger partial charge is 0.437 e. The zero-order valence-corrected chi connectivity index (χ0v) is 29.7. The van der Waals surface area contributed by atoms with Crippen molar-refractivity contribution in [2.75, 3.05) is 0 Å². The van der Waals surface area contributed by atoms with E-state index in [1.54, 1.807) is 0 Å². The molecule has 0 N–H and O–H groups in total. The topological polar surface area (TPSA) is 53.2 Å². The van der Waals surface area contributed by atoms with E-state index >= 15 is 0 Å². The van der Waals surface area contributed by atoms with Crippen LogP contribution in [0.25, 0.3) is 126 Å². The minimum absolute atomic E-state index is 0.553. The first-order valence-corrected chi connectivity index (χ1v) is 19.0. The minimum Gasteiger partial charge on any atom is -0.437 e. The monoisotopic (exact) mass is 713 g/mol. The second-order valence-corrected chi connectivity index (χ2v) is 14.9. The molecule has 6 heterocycles. The van der Waals surface area contributed by atoms with Gasteiger partial charge in [-0.05, 0) is 41.8 Å². The highest BCUT2D eigenvalue weighted by atomic mass is 16.3. The molecule has 0 amide bonds. The number of benzene rings is 8. The van der Waals surface area contributed by atoms with Gasteiger partial charge in [0.15, 0.2) is 5.82 Å². The molecule has 0 bridgehead atoms. The lowest BCUT2D eigenvalue weighted by Gasteiger charge is -2.13. The smallest absolute Gasteiger partial charge is 0.240 e. The van der Waals surface area contributed by atoms with Crippen molar-refractivity contribution in [1.82, 2.24) is 23.5 Å². The fraction of sp³-hybridized carbons (Fsp3) is 0. The number of aromatic nitrogens is 5. The number of rotatable bonds is 2. The highest BCUT2D eigenvalue weighted by Crippen LogP contribution is 2.48. The summed E-state index contributed by atoms with van der Waals surface area (Å²) >= 11 is 0. The molecule has 0 radical (unpaired) electrons. The molecule has 0 spiro atoms. The maximum absolute atomic E-state index is 6.67. The average Bonchev–Trinajstić information content (AvgIpc) is 4.05. The fourth-order valence-corrected chi connectivity index (χ4v) is 9.97. The molecule has 0 saturated heterocycles. The molecule has 0 aliphatic rings. The van der Waals surface area contributed by atoms with Crippen molar-refractivity contribution < 1.29 is 4.42 Å². The third-order valence-electron chi connectivity index (χ3n) is 12.2. The summed E-state index contributed by atoms with van der Waals surface area (Å²) in [6.07, 6.45) is 0. The van der Waals surface area contributed by atoms with Crippen molar-refractivity contribution in [2.24, 2.45) is 0 Å². The average molecular weight is 714 g/mol. The Labute approximate surface area is 317 Å². The van der Waals surface area contributed by atoms with Crippen molar-refractivity contribution in [1.29, 1.82) is 0 Å². The minimum atomic E-state index is 0.553. The molecular formula is C50H27N5O. The highest BCUT2D eigenvalue weighted by Gasteiger charge is 2.28. The van der Waals surface area contributed by atoms with Crippen LogP contribution in [0.3, 0.4) is 0 Å². The maximum atomic E-state index is 6.67. The van der Waals surface area contributed by atoms with E-state index in [4.69, 9.17) is 14.4 Å². The molecule has 6 aromatic heterocycles. The number of furan rings is 1. The molecule has 14 aromatic rings. The Morgan fingerprint density at radius 1 is 0.375 bits per heavy atom. The SMILES string of the molecule is c1ccc2c(c1)ccc1c3cc4c5ccccc5n(-c5nc(-n6c7ccccc7c7ccccc76)nc6oc7ccccc7c56)c4c4c5ccccc5n(c21)c34. The zero-order chi connectivity index (χ0) is 36.2. The molecule has 0 aliphatic heterocycles. The normalized spacial score (nSPS) is 12.6. The molecule has 0 unspecified atom stereocenters. The van der Waals surface area contributed by atoms with E-state index in [1.807, 2.05) is 12.1 Å². The Hall–Kier alpha value is -7.70. The molecular weight excluding hydrogens is 687 g/mol. The summed E-state index contributed by atoms with van der Waals surface area (Å²) in [5.74, 6) is 1.35. The van der Waals surface area contributed by atoms with Crippen LogP contribution in [-0.2, 0) is 0 Å². The molecule has 0 saturated carbocycles. The van der Waals surface area contributed by atoms with Crippen LogP contribution >= 0.6 is 0 Å². The van der Waals surface area contributed by atoms with Gasteiger partial charge in [-0.2, -0.15) is 9.97 Å². The molecule has 56 heavy (non-hydrogen) atoms. The van der Waals surface area contributed by atoms with Crippen molar-refractivity contribution in [3.63, 3.8) is 0 Å². The first-order chi connectivity index (χ1) is 27.8.